The maximum absolute atomic E-state index is 11.8. The Morgan fingerprint density at radius 1 is 1.48 bits per heavy atom. The molecule has 1 aromatic rings. The molecule has 1 unspecified atom stereocenters. The molecule has 1 fully saturated rings. The number of nitrogens with one attached hydrogen (secondary N) is 1. The molecule has 0 aromatic carbocycles. The van der Waals surface area contributed by atoms with Crippen LogP contribution in [-0.2, 0) is 20.7 Å². The van der Waals surface area contributed by atoms with Crippen molar-refractivity contribution in [2.75, 3.05) is 19.8 Å². The molecule has 116 valence electrons. The fourth-order valence-corrected chi connectivity index (χ4v) is 2.56. The Hall–Kier alpha value is -1.46. The summed E-state index contributed by atoms with van der Waals surface area (Å²) in [5, 5.41) is 2.97. The van der Waals surface area contributed by atoms with Gasteiger partial charge in [-0.25, -0.2) is 0 Å². The number of carbonyl (C=O) groups is 1. The fourth-order valence-electron chi connectivity index (χ4n) is 2.56. The van der Waals surface area contributed by atoms with E-state index >= 15 is 0 Å². The maximum Gasteiger partial charge on any atom is 0.220 e. The van der Waals surface area contributed by atoms with Crippen molar-refractivity contribution in [3.8, 4) is 0 Å². The Balaban J connectivity index is 1.64. The van der Waals surface area contributed by atoms with Gasteiger partial charge in [-0.3, -0.25) is 9.78 Å². The molecule has 0 bridgehead atoms. The van der Waals surface area contributed by atoms with Crippen LogP contribution in [0.1, 0.15) is 32.3 Å². The molecule has 1 amide bonds. The van der Waals surface area contributed by atoms with E-state index in [9.17, 15) is 4.79 Å². The number of amides is 1. The maximum atomic E-state index is 11.8. The van der Waals surface area contributed by atoms with E-state index in [4.69, 9.17) is 9.47 Å². The zero-order valence-electron chi connectivity index (χ0n) is 12.8. The highest BCUT2D eigenvalue weighted by Gasteiger charge is 2.32. The highest BCUT2D eigenvalue weighted by molar-refractivity contribution is 5.76. The molecule has 5 heteroatoms. The van der Waals surface area contributed by atoms with E-state index in [1.807, 2.05) is 19.1 Å². The largest absolute Gasteiger partial charge is 0.356 e. The Morgan fingerprint density at radius 3 is 2.90 bits per heavy atom. The molecule has 1 atom stereocenters. The summed E-state index contributed by atoms with van der Waals surface area (Å²) in [4.78, 5) is 15.9. The summed E-state index contributed by atoms with van der Waals surface area (Å²) in [6.45, 7) is 6.01. The third kappa shape index (κ3) is 5.44. The van der Waals surface area contributed by atoms with Gasteiger partial charge in [0, 0.05) is 31.8 Å². The van der Waals surface area contributed by atoms with E-state index in [-0.39, 0.29) is 5.91 Å². The normalized spacial score (nSPS) is 18.4. The predicted octanol–water partition coefficient (Wildman–Crippen LogP) is 1.92. The lowest BCUT2D eigenvalue weighted by Gasteiger charge is -2.26. The monoisotopic (exact) mass is 292 g/mol. The number of hydrogen-bond donors (Lipinski definition) is 1. The van der Waals surface area contributed by atoms with Gasteiger partial charge in [0.1, 0.15) is 0 Å². The quantitative estimate of drug-likeness (QED) is 0.834. The summed E-state index contributed by atoms with van der Waals surface area (Å²) < 4.78 is 11.2. The zero-order valence-corrected chi connectivity index (χ0v) is 12.8. The minimum atomic E-state index is -0.486. The lowest BCUT2D eigenvalue weighted by atomic mass is 10.0. The minimum Gasteiger partial charge on any atom is -0.356 e. The molecule has 0 saturated carbocycles. The summed E-state index contributed by atoms with van der Waals surface area (Å²) in [7, 11) is 0. The number of hydrogen-bond acceptors (Lipinski definition) is 4. The SMILES string of the molecule is CC(CNC(=O)CCc1cccnc1)CC1(C)OCCO1. The van der Waals surface area contributed by atoms with Crippen molar-refractivity contribution in [2.24, 2.45) is 5.92 Å². The third-order valence-corrected chi connectivity index (χ3v) is 3.63. The van der Waals surface area contributed by atoms with Crippen LogP contribution in [0.5, 0.6) is 0 Å². The first-order valence-electron chi connectivity index (χ1n) is 7.51. The standard InChI is InChI=1S/C16H24N2O3/c1-13(10-16(2)20-8-9-21-16)11-18-15(19)6-5-14-4-3-7-17-12-14/h3-4,7,12-13H,5-6,8-11H2,1-2H3,(H,18,19). The molecule has 1 N–H and O–H groups in total. The molecule has 0 spiro atoms. The molecule has 2 heterocycles. The van der Waals surface area contributed by atoms with Gasteiger partial charge in [0.05, 0.1) is 13.2 Å². The summed E-state index contributed by atoms with van der Waals surface area (Å²) in [6.07, 6.45) is 5.53. The van der Waals surface area contributed by atoms with E-state index in [0.717, 1.165) is 18.4 Å². The summed E-state index contributed by atoms with van der Waals surface area (Å²) in [5.74, 6) is -0.0978. The summed E-state index contributed by atoms with van der Waals surface area (Å²) in [6, 6.07) is 3.87. The first-order valence-corrected chi connectivity index (χ1v) is 7.51. The molecule has 1 saturated heterocycles. The van der Waals surface area contributed by atoms with Gasteiger partial charge < -0.3 is 14.8 Å². The Kier molecular flexibility index (Phi) is 5.70. The van der Waals surface area contributed by atoms with Crippen LogP contribution in [0.2, 0.25) is 0 Å². The fraction of sp³-hybridized carbons (Fsp3) is 0.625. The van der Waals surface area contributed by atoms with Gasteiger partial charge in [-0.05, 0) is 30.9 Å². The van der Waals surface area contributed by atoms with Gasteiger partial charge in [-0.2, -0.15) is 0 Å². The summed E-state index contributed by atoms with van der Waals surface area (Å²) >= 11 is 0. The van der Waals surface area contributed by atoms with Crippen molar-refractivity contribution in [2.45, 2.75) is 38.9 Å². The smallest absolute Gasteiger partial charge is 0.220 e. The number of nitrogens with zero attached hydrogens (tertiary/aromatic N) is 1. The van der Waals surface area contributed by atoms with Crippen LogP contribution in [0.25, 0.3) is 0 Å². The second-order valence-electron chi connectivity index (χ2n) is 5.81. The van der Waals surface area contributed by atoms with E-state index in [2.05, 4.69) is 17.2 Å². The number of aryl methyl sites for hydroxylation is 1. The molecule has 21 heavy (non-hydrogen) atoms. The van der Waals surface area contributed by atoms with Crippen molar-refractivity contribution >= 4 is 5.91 Å². The molecular formula is C16H24N2O3. The van der Waals surface area contributed by atoms with Gasteiger partial charge in [-0.15, -0.1) is 0 Å². The van der Waals surface area contributed by atoms with Gasteiger partial charge in [-0.1, -0.05) is 13.0 Å². The van der Waals surface area contributed by atoms with E-state index in [1.165, 1.54) is 0 Å². The second kappa shape index (κ2) is 7.52. The van der Waals surface area contributed by atoms with E-state index in [0.29, 0.717) is 32.1 Å². The molecule has 0 aliphatic carbocycles. The molecule has 0 radical (unpaired) electrons. The Labute approximate surface area is 126 Å². The van der Waals surface area contributed by atoms with Crippen molar-refractivity contribution in [1.29, 1.82) is 0 Å². The number of ether oxygens (including phenoxy) is 2. The molecule has 1 aromatic heterocycles. The molecule has 1 aliphatic rings. The molecular weight excluding hydrogens is 268 g/mol. The van der Waals surface area contributed by atoms with Gasteiger partial charge in [0.15, 0.2) is 5.79 Å². The first kappa shape index (κ1) is 15.9. The number of aromatic nitrogens is 1. The Bertz CT molecular complexity index is 444. The van der Waals surface area contributed by atoms with Crippen molar-refractivity contribution in [1.82, 2.24) is 10.3 Å². The van der Waals surface area contributed by atoms with Crippen molar-refractivity contribution < 1.29 is 14.3 Å². The lowest BCUT2D eigenvalue weighted by Crippen LogP contribution is -2.34. The highest BCUT2D eigenvalue weighted by atomic mass is 16.7. The molecule has 1 aliphatic heterocycles. The average Bonchev–Trinajstić information content (AvgIpc) is 2.90. The third-order valence-electron chi connectivity index (χ3n) is 3.63. The van der Waals surface area contributed by atoms with Crippen LogP contribution >= 0.6 is 0 Å². The van der Waals surface area contributed by atoms with Crippen molar-refractivity contribution in [3.63, 3.8) is 0 Å². The highest BCUT2D eigenvalue weighted by Crippen LogP contribution is 2.26. The second-order valence-corrected chi connectivity index (χ2v) is 5.81. The predicted molar refractivity (Wildman–Crippen MR) is 79.7 cm³/mol. The minimum absolute atomic E-state index is 0.0733. The van der Waals surface area contributed by atoms with Crippen LogP contribution in [-0.4, -0.2) is 36.4 Å². The Morgan fingerprint density at radius 2 is 2.24 bits per heavy atom. The van der Waals surface area contributed by atoms with Gasteiger partial charge >= 0.3 is 0 Å². The van der Waals surface area contributed by atoms with Crippen LogP contribution in [0, 0.1) is 5.92 Å². The van der Waals surface area contributed by atoms with Gasteiger partial charge in [0.2, 0.25) is 5.91 Å². The summed E-state index contributed by atoms with van der Waals surface area (Å²) in [5.41, 5.74) is 1.08. The number of rotatable bonds is 7. The van der Waals surface area contributed by atoms with Crippen LogP contribution in [0.15, 0.2) is 24.5 Å². The number of pyridine rings is 1. The van der Waals surface area contributed by atoms with Gasteiger partial charge in [0.25, 0.3) is 0 Å². The van der Waals surface area contributed by atoms with Crippen LogP contribution < -0.4 is 5.32 Å². The number of carbonyl (C=O) groups excluding carboxylic acids is 1. The van der Waals surface area contributed by atoms with E-state index in [1.54, 1.807) is 12.4 Å². The topological polar surface area (TPSA) is 60.5 Å². The van der Waals surface area contributed by atoms with Crippen molar-refractivity contribution in [3.05, 3.63) is 30.1 Å². The van der Waals surface area contributed by atoms with Crippen LogP contribution in [0.3, 0.4) is 0 Å². The van der Waals surface area contributed by atoms with Crippen LogP contribution in [0.4, 0.5) is 0 Å². The first-order chi connectivity index (χ1) is 10.1. The average molecular weight is 292 g/mol. The van der Waals surface area contributed by atoms with E-state index < -0.39 is 5.79 Å². The molecule has 2 rings (SSSR count). The molecule has 5 nitrogen and oxygen atoms in total. The zero-order chi connectivity index (χ0) is 15.1. The lowest BCUT2D eigenvalue weighted by molar-refractivity contribution is -0.154.